The van der Waals surface area contributed by atoms with Crippen LogP contribution < -0.4 is 0 Å². The van der Waals surface area contributed by atoms with Gasteiger partial charge in [-0.1, -0.05) is 30.3 Å². The van der Waals surface area contributed by atoms with Gasteiger partial charge in [0.25, 0.3) is 0 Å². The van der Waals surface area contributed by atoms with Crippen molar-refractivity contribution in [2.75, 3.05) is 27.3 Å². The number of esters is 2. The van der Waals surface area contributed by atoms with E-state index in [1.54, 1.807) is 45.2 Å². The topological polar surface area (TPSA) is 76.2 Å². The Morgan fingerprint density at radius 3 is 2.12 bits per heavy atom. The number of carbonyl (C=O) groups is 3. The van der Waals surface area contributed by atoms with Crippen molar-refractivity contribution in [3.63, 3.8) is 0 Å². The van der Waals surface area contributed by atoms with E-state index in [0.717, 1.165) is 4.90 Å². The van der Waals surface area contributed by atoms with Gasteiger partial charge in [-0.15, -0.1) is 0 Å². The Kier molecular flexibility index (Phi) is 5.80. The monoisotopic (exact) mass is 346 g/mol. The van der Waals surface area contributed by atoms with E-state index in [9.17, 15) is 14.4 Å². The number of amides is 2. The molecule has 0 aromatic heterocycles. The fourth-order valence-electron chi connectivity index (χ4n) is 2.84. The van der Waals surface area contributed by atoms with Crippen LogP contribution in [0.2, 0.25) is 0 Å². The van der Waals surface area contributed by atoms with Gasteiger partial charge in [-0.05, 0) is 19.4 Å². The van der Waals surface area contributed by atoms with Crippen molar-refractivity contribution in [1.29, 1.82) is 0 Å². The molecular weight excluding hydrogens is 324 g/mol. The molecule has 0 N–H and O–H groups in total. The fourth-order valence-corrected chi connectivity index (χ4v) is 2.84. The third kappa shape index (κ3) is 3.50. The van der Waals surface area contributed by atoms with Crippen molar-refractivity contribution >= 4 is 18.0 Å². The molecule has 7 nitrogen and oxygen atoms in total. The molecule has 1 aromatic rings. The maximum absolute atomic E-state index is 12.6. The highest BCUT2D eigenvalue weighted by Crippen LogP contribution is 2.36. The number of nitrogens with zero attached hydrogens (tertiary/aromatic N) is 2. The standard InChI is InChI=1S/C18H22N2O5/c1-5-24-16(21)13-14(12-10-8-7-9-11-12)19(3)18(23)20(4)15(13)17(22)25-6-2/h7-11,14H,5-6H2,1-4H3. The first kappa shape index (κ1) is 18.5. The van der Waals surface area contributed by atoms with E-state index < -0.39 is 24.0 Å². The van der Waals surface area contributed by atoms with Crippen molar-refractivity contribution in [3.8, 4) is 0 Å². The summed E-state index contributed by atoms with van der Waals surface area (Å²) in [6, 6.07) is 7.88. The summed E-state index contributed by atoms with van der Waals surface area (Å²) in [6.45, 7) is 3.63. The molecule has 25 heavy (non-hydrogen) atoms. The molecule has 0 saturated heterocycles. The highest BCUT2D eigenvalue weighted by atomic mass is 16.5. The molecule has 1 atom stereocenters. The normalized spacial score (nSPS) is 17.6. The summed E-state index contributed by atoms with van der Waals surface area (Å²) in [4.78, 5) is 40.3. The lowest BCUT2D eigenvalue weighted by molar-refractivity contribution is -0.144. The fraction of sp³-hybridized carbons (Fsp3) is 0.389. The van der Waals surface area contributed by atoms with Crippen LogP contribution in [0.5, 0.6) is 0 Å². The van der Waals surface area contributed by atoms with Crippen molar-refractivity contribution in [1.82, 2.24) is 9.80 Å². The van der Waals surface area contributed by atoms with Crippen LogP contribution in [-0.4, -0.2) is 55.1 Å². The molecule has 0 saturated carbocycles. The summed E-state index contributed by atoms with van der Waals surface area (Å²) < 4.78 is 10.2. The van der Waals surface area contributed by atoms with Gasteiger partial charge in [-0.3, -0.25) is 4.90 Å². The number of hydrogen-bond donors (Lipinski definition) is 0. The zero-order valence-electron chi connectivity index (χ0n) is 14.8. The molecule has 1 aromatic carbocycles. The Labute approximate surface area is 146 Å². The zero-order chi connectivity index (χ0) is 18.6. The van der Waals surface area contributed by atoms with Gasteiger partial charge in [0.2, 0.25) is 0 Å². The summed E-state index contributed by atoms with van der Waals surface area (Å²) in [5.74, 6) is -1.37. The van der Waals surface area contributed by atoms with Gasteiger partial charge in [-0.25, -0.2) is 14.4 Å². The molecule has 2 amide bonds. The third-order valence-corrected chi connectivity index (χ3v) is 3.92. The number of rotatable bonds is 5. The quantitative estimate of drug-likeness (QED) is 0.763. The van der Waals surface area contributed by atoms with Gasteiger partial charge in [0, 0.05) is 14.1 Å². The molecule has 0 spiro atoms. The van der Waals surface area contributed by atoms with Crippen molar-refractivity contribution in [3.05, 3.63) is 47.2 Å². The van der Waals surface area contributed by atoms with Crippen LogP contribution in [0.4, 0.5) is 4.79 Å². The minimum absolute atomic E-state index is 0.0859. The minimum atomic E-state index is -0.733. The lowest BCUT2D eigenvalue weighted by atomic mass is 9.93. The Balaban J connectivity index is 2.70. The first-order valence-corrected chi connectivity index (χ1v) is 8.07. The van der Waals surface area contributed by atoms with Gasteiger partial charge < -0.3 is 14.4 Å². The highest BCUT2D eigenvalue weighted by molar-refractivity contribution is 6.05. The Bertz CT molecular complexity index is 699. The van der Waals surface area contributed by atoms with Crippen LogP contribution >= 0.6 is 0 Å². The molecule has 0 radical (unpaired) electrons. The maximum atomic E-state index is 12.6. The first-order chi connectivity index (χ1) is 11.9. The highest BCUT2D eigenvalue weighted by Gasteiger charge is 2.43. The van der Waals surface area contributed by atoms with Gasteiger partial charge in [-0.2, -0.15) is 0 Å². The van der Waals surface area contributed by atoms with Crippen molar-refractivity contribution in [2.45, 2.75) is 19.9 Å². The van der Waals surface area contributed by atoms with Crippen LogP contribution in [0.3, 0.4) is 0 Å². The molecule has 1 aliphatic rings. The van der Waals surface area contributed by atoms with Gasteiger partial charge in [0.1, 0.15) is 5.70 Å². The average molecular weight is 346 g/mol. The van der Waals surface area contributed by atoms with Gasteiger partial charge in [0.05, 0.1) is 24.8 Å². The number of benzene rings is 1. The molecule has 134 valence electrons. The van der Waals surface area contributed by atoms with Crippen molar-refractivity contribution < 1.29 is 23.9 Å². The second-order valence-corrected chi connectivity index (χ2v) is 5.47. The molecule has 0 bridgehead atoms. The predicted molar refractivity (Wildman–Crippen MR) is 90.4 cm³/mol. The largest absolute Gasteiger partial charge is 0.463 e. The lowest BCUT2D eigenvalue weighted by Crippen LogP contribution is -2.49. The maximum Gasteiger partial charge on any atom is 0.355 e. The van der Waals surface area contributed by atoms with Crippen molar-refractivity contribution in [2.24, 2.45) is 0 Å². The first-order valence-electron chi connectivity index (χ1n) is 8.07. The van der Waals surface area contributed by atoms with Gasteiger partial charge >= 0.3 is 18.0 Å². The van der Waals surface area contributed by atoms with E-state index in [0.29, 0.717) is 5.56 Å². The Morgan fingerprint density at radius 2 is 1.56 bits per heavy atom. The molecule has 1 unspecified atom stereocenters. The molecular formula is C18H22N2O5. The number of likely N-dealkylation sites (N-methyl/N-ethyl adjacent to an activating group) is 2. The second kappa shape index (κ2) is 7.83. The molecule has 7 heteroatoms. The van der Waals surface area contributed by atoms with Crippen LogP contribution in [0, 0.1) is 0 Å². The van der Waals surface area contributed by atoms with Crippen LogP contribution in [0.15, 0.2) is 41.6 Å². The lowest BCUT2D eigenvalue weighted by Gasteiger charge is -2.39. The summed E-state index contributed by atoms with van der Waals surface area (Å²) in [5.41, 5.74) is 0.713. The molecule has 0 fully saturated rings. The number of carbonyl (C=O) groups excluding carboxylic acids is 3. The zero-order valence-corrected chi connectivity index (χ0v) is 14.8. The van der Waals surface area contributed by atoms with E-state index in [4.69, 9.17) is 9.47 Å². The Morgan fingerprint density at radius 1 is 1.00 bits per heavy atom. The van der Waals surface area contributed by atoms with E-state index in [1.165, 1.54) is 11.9 Å². The third-order valence-electron chi connectivity index (χ3n) is 3.92. The molecule has 2 rings (SSSR count). The van der Waals surface area contributed by atoms with E-state index in [-0.39, 0.29) is 24.5 Å². The van der Waals surface area contributed by atoms with E-state index in [2.05, 4.69) is 0 Å². The minimum Gasteiger partial charge on any atom is -0.463 e. The van der Waals surface area contributed by atoms with Crippen LogP contribution in [-0.2, 0) is 19.1 Å². The predicted octanol–water partition coefficient (Wildman–Crippen LogP) is 2.11. The average Bonchev–Trinajstić information content (AvgIpc) is 2.60. The molecule has 1 heterocycles. The summed E-state index contributed by atoms with van der Waals surface area (Å²) in [7, 11) is 3.02. The SMILES string of the molecule is CCOC(=O)C1=C(C(=O)OCC)N(C)C(=O)N(C)C1c1ccccc1. The van der Waals surface area contributed by atoms with Gasteiger partial charge in [0.15, 0.2) is 0 Å². The number of hydrogen-bond acceptors (Lipinski definition) is 5. The van der Waals surface area contributed by atoms with E-state index in [1.807, 2.05) is 6.07 Å². The summed E-state index contributed by atoms with van der Waals surface area (Å²) in [6.07, 6.45) is 0. The smallest absolute Gasteiger partial charge is 0.355 e. The van der Waals surface area contributed by atoms with Crippen LogP contribution in [0.25, 0.3) is 0 Å². The summed E-state index contributed by atoms with van der Waals surface area (Å²) >= 11 is 0. The van der Waals surface area contributed by atoms with E-state index >= 15 is 0 Å². The number of ether oxygens (including phenoxy) is 2. The summed E-state index contributed by atoms with van der Waals surface area (Å²) in [5, 5.41) is 0. The molecule has 1 aliphatic heterocycles. The van der Waals surface area contributed by atoms with Crippen LogP contribution in [0.1, 0.15) is 25.5 Å². The Hall–Kier alpha value is -2.83. The second-order valence-electron chi connectivity index (χ2n) is 5.47. The molecule has 0 aliphatic carbocycles. The number of urea groups is 1.